The van der Waals surface area contributed by atoms with Crippen LogP contribution in [0.3, 0.4) is 0 Å². The van der Waals surface area contributed by atoms with Gasteiger partial charge >= 0.3 is 0 Å². The number of halogens is 2. The van der Waals surface area contributed by atoms with Crippen LogP contribution in [0.5, 0.6) is 0 Å². The first-order valence-electron chi connectivity index (χ1n) is 5.72. The van der Waals surface area contributed by atoms with Crippen molar-refractivity contribution in [1.82, 2.24) is 0 Å². The molecule has 2 nitrogen and oxygen atoms in total. The Kier molecular flexibility index (Phi) is 5.51. The standard InChI is InChI=1S/C13H19F2NO/c1-9(2)13(17-8-11(14)15)12(16)10-6-4-3-5-7-10/h3-7,9,11-13H,8,16H2,1-2H3. The first kappa shape index (κ1) is 14.1. The van der Waals surface area contributed by atoms with Crippen LogP contribution in [0.2, 0.25) is 0 Å². The number of hydrogen-bond donors (Lipinski definition) is 1. The molecule has 0 spiro atoms. The predicted molar refractivity (Wildman–Crippen MR) is 64.0 cm³/mol. The van der Waals surface area contributed by atoms with Gasteiger partial charge in [-0.2, -0.15) is 0 Å². The average molecular weight is 243 g/mol. The molecule has 1 rings (SSSR count). The molecule has 2 atom stereocenters. The molecule has 1 aromatic rings. The third kappa shape index (κ3) is 4.40. The van der Waals surface area contributed by atoms with Gasteiger partial charge in [-0.15, -0.1) is 0 Å². The molecule has 0 saturated carbocycles. The van der Waals surface area contributed by atoms with E-state index in [1.54, 1.807) is 0 Å². The van der Waals surface area contributed by atoms with Crippen molar-refractivity contribution in [2.45, 2.75) is 32.4 Å². The van der Waals surface area contributed by atoms with Crippen LogP contribution in [0.4, 0.5) is 8.78 Å². The van der Waals surface area contributed by atoms with Crippen LogP contribution in [0.15, 0.2) is 30.3 Å². The highest BCUT2D eigenvalue weighted by molar-refractivity contribution is 5.19. The normalized spacial score (nSPS) is 15.2. The third-order valence-corrected chi connectivity index (χ3v) is 2.61. The summed E-state index contributed by atoms with van der Waals surface area (Å²) in [6, 6.07) is 9.02. The summed E-state index contributed by atoms with van der Waals surface area (Å²) >= 11 is 0. The smallest absolute Gasteiger partial charge is 0.261 e. The van der Waals surface area contributed by atoms with Gasteiger partial charge in [-0.3, -0.25) is 0 Å². The first-order valence-corrected chi connectivity index (χ1v) is 5.72. The van der Waals surface area contributed by atoms with E-state index in [0.717, 1.165) is 5.56 Å². The Labute approximate surface area is 101 Å². The quantitative estimate of drug-likeness (QED) is 0.833. The molecule has 0 radical (unpaired) electrons. The van der Waals surface area contributed by atoms with Crippen LogP contribution in [0, 0.1) is 5.92 Å². The van der Waals surface area contributed by atoms with Crippen LogP contribution in [0.25, 0.3) is 0 Å². The molecule has 0 aromatic heterocycles. The van der Waals surface area contributed by atoms with Crippen LogP contribution < -0.4 is 5.73 Å². The Morgan fingerprint density at radius 2 is 1.76 bits per heavy atom. The fourth-order valence-electron chi connectivity index (χ4n) is 1.76. The fourth-order valence-corrected chi connectivity index (χ4v) is 1.76. The summed E-state index contributed by atoms with van der Waals surface area (Å²) in [6.07, 6.45) is -2.86. The topological polar surface area (TPSA) is 35.2 Å². The molecule has 0 aliphatic carbocycles. The largest absolute Gasteiger partial charge is 0.370 e. The summed E-state index contributed by atoms with van der Waals surface area (Å²) in [4.78, 5) is 0. The third-order valence-electron chi connectivity index (χ3n) is 2.61. The van der Waals surface area contributed by atoms with Gasteiger partial charge in [0.15, 0.2) is 0 Å². The van der Waals surface area contributed by atoms with Gasteiger partial charge < -0.3 is 10.5 Å². The Bertz CT molecular complexity index is 316. The second-order valence-corrected chi connectivity index (χ2v) is 4.37. The Balaban J connectivity index is 2.70. The van der Waals surface area contributed by atoms with Crippen molar-refractivity contribution < 1.29 is 13.5 Å². The summed E-state index contributed by atoms with van der Waals surface area (Å²) in [6.45, 7) is 3.27. The van der Waals surface area contributed by atoms with E-state index in [2.05, 4.69) is 0 Å². The number of ether oxygens (including phenoxy) is 1. The molecule has 0 bridgehead atoms. The molecule has 4 heteroatoms. The van der Waals surface area contributed by atoms with E-state index in [-0.39, 0.29) is 12.0 Å². The van der Waals surface area contributed by atoms with Gasteiger partial charge in [0.1, 0.15) is 6.61 Å². The van der Waals surface area contributed by atoms with Crippen molar-refractivity contribution in [2.24, 2.45) is 11.7 Å². The molecule has 0 saturated heterocycles. The molecule has 0 aliphatic rings. The highest BCUT2D eigenvalue weighted by Gasteiger charge is 2.24. The van der Waals surface area contributed by atoms with Crippen molar-refractivity contribution in [1.29, 1.82) is 0 Å². The van der Waals surface area contributed by atoms with Crippen LogP contribution in [-0.4, -0.2) is 19.1 Å². The van der Waals surface area contributed by atoms with Gasteiger partial charge in [-0.05, 0) is 11.5 Å². The zero-order valence-electron chi connectivity index (χ0n) is 10.1. The van der Waals surface area contributed by atoms with Crippen LogP contribution >= 0.6 is 0 Å². The molecule has 96 valence electrons. The monoisotopic (exact) mass is 243 g/mol. The Morgan fingerprint density at radius 1 is 1.18 bits per heavy atom. The zero-order valence-corrected chi connectivity index (χ0v) is 10.1. The Hall–Kier alpha value is -1.00. The number of nitrogens with two attached hydrogens (primary N) is 1. The molecule has 0 amide bonds. The maximum Gasteiger partial charge on any atom is 0.261 e. The summed E-state index contributed by atoms with van der Waals surface area (Å²) in [7, 11) is 0. The maximum atomic E-state index is 12.2. The van der Waals surface area contributed by atoms with Crippen molar-refractivity contribution in [2.75, 3.05) is 6.61 Å². The molecule has 2 N–H and O–H groups in total. The highest BCUT2D eigenvalue weighted by atomic mass is 19.3. The van der Waals surface area contributed by atoms with Gasteiger partial charge in [0.25, 0.3) is 6.43 Å². The van der Waals surface area contributed by atoms with E-state index < -0.39 is 19.1 Å². The summed E-state index contributed by atoms with van der Waals surface area (Å²) in [5, 5.41) is 0. The van der Waals surface area contributed by atoms with Crippen molar-refractivity contribution in [3.05, 3.63) is 35.9 Å². The summed E-state index contributed by atoms with van der Waals surface area (Å²) in [5.41, 5.74) is 6.96. The van der Waals surface area contributed by atoms with E-state index in [4.69, 9.17) is 10.5 Å². The lowest BCUT2D eigenvalue weighted by atomic mass is 9.94. The zero-order chi connectivity index (χ0) is 12.8. The minimum absolute atomic E-state index is 0.0870. The second kappa shape index (κ2) is 6.67. The lowest BCUT2D eigenvalue weighted by Crippen LogP contribution is -2.34. The van der Waals surface area contributed by atoms with Crippen molar-refractivity contribution in [3.8, 4) is 0 Å². The van der Waals surface area contributed by atoms with Crippen molar-refractivity contribution >= 4 is 0 Å². The molecule has 0 heterocycles. The lowest BCUT2D eigenvalue weighted by Gasteiger charge is -2.27. The van der Waals surface area contributed by atoms with Crippen molar-refractivity contribution in [3.63, 3.8) is 0 Å². The number of rotatable bonds is 6. The first-order chi connectivity index (χ1) is 8.02. The molecular weight excluding hydrogens is 224 g/mol. The van der Waals surface area contributed by atoms with E-state index in [1.807, 2.05) is 44.2 Å². The SMILES string of the molecule is CC(C)C(OCC(F)F)C(N)c1ccccc1. The van der Waals surface area contributed by atoms with E-state index >= 15 is 0 Å². The van der Waals surface area contributed by atoms with Gasteiger partial charge in [0, 0.05) is 0 Å². The molecular formula is C13H19F2NO. The van der Waals surface area contributed by atoms with E-state index in [1.165, 1.54) is 0 Å². The molecule has 0 fully saturated rings. The van der Waals surface area contributed by atoms with E-state index in [9.17, 15) is 8.78 Å². The van der Waals surface area contributed by atoms with Gasteiger partial charge in [-0.1, -0.05) is 44.2 Å². The summed E-state index contributed by atoms with van der Waals surface area (Å²) in [5.74, 6) is 0.0870. The average Bonchev–Trinajstić information content (AvgIpc) is 2.29. The predicted octanol–water partition coefficient (Wildman–Crippen LogP) is 2.99. The van der Waals surface area contributed by atoms with Gasteiger partial charge in [0.05, 0.1) is 12.1 Å². The van der Waals surface area contributed by atoms with Gasteiger partial charge in [-0.25, -0.2) is 8.78 Å². The Morgan fingerprint density at radius 3 is 2.24 bits per heavy atom. The molecule has 17 heavy (non-hydrogen) atoms. The highest BCUT2D eigenvalue weighted by Crippen LogP contribution is 2.22. The van der Waals surface area contributed by atoms with Gasteiger partial charge in [0.2, 0.25) is 0 Å². The minimum Gasteiger partial charge on any atom is -0.370 e. The number of alkyl halides is 2. The lowest BCUT2D eigenvalue weighted by molar-refractivity contribution is -0.0515. The number of hydrogen-bond acceptors (Lipinski definition) is 2. The number of benzene rings is 1. The van der Waals surface area contributed by atoms with Crippen LogP contribution in [-0.2, 0) is 4.74 Å². The maximum absolute atomic E-state index is 12.2. The minimum atomic E-state index is -2.46. The summed E-state index contributed by atoms with van der Waals surface area (Å²) < 4.78 is 29.5. The van der Waals surface area contributed by atoms with E-state index in [0.29, 0.717) is 0 Å². The van der Waals surface area contributed by atoms with Crippen LogP contribution in [0.1, 0.15) is 25.5 Å². The molecule has 0 aliphatic heterocycles. The molecule has 2 unspecified atom stereocenters. The second-order valence-electron chi connectivity index (χ2n) is 4.37. The molecule has 1 aromatic carbocycles. The fraction of sp³-hybridized carbons (Fsp3) is 0.538.